The summed E-state index contributed by atoms with van der Waals surface area (Å²) in [7, 11) is 2.15. The molecule has 11 nitrogen and oxygen atoms in total. The molecule has 45 heavy (non-hydrogen) atoms. The van der Waals surface area contributed by atoms with Gasteiger partial charge in [0, 0.05) is 69.3 Å². The number of nitrogens with zero attached hydrogens (tertiary/aromatic N) is 4. The van der Waals surface area contributed by atoms with E-state index >= 15 is 4.39 Å². The van der Waals surface area contributed by atoms with Crippen LogP contribution in [0.2, 0.25) is 0 Å². The Hall–Kier alpha value is -4.55. The quantitative estimate of drug-likeness (QED) is 0.317. The van der Waals surface area contributed by atoms with Gasteiger partial charge in [0.2, 0.25) is 11.8 Å². The molecule has 3 fully saturated rings. The monoisotopic (exact) mass is 615 g/mol. The van der Waals surface area contributed by atoms with Gasteiger partial charge in [0.05, 0.1) is 5.69 Å². The third-order valence-electron chi connectivity index (χ3n) is 8.85. The number of likely N-dealkylation sites (N-methyl/N-ethyl adjacent to an activating group) is 1. The first kappa shape index (κ1) is 30.5. The second-order valence-electron chi connectivity index (χ2n) is 12.0. The van der Waals surface area contributed by atoms with Crippen LogP contribution in [0.4, 0.5) is 26.4 Å². The van der Waals surface area contributed by atoms with Gasteiger partial charge >= 0.3 is 6.03 Å². The molecule has 4 amide bonds. The molecule has 1 aromatic heterocycles. The van der Waals surface area contributed by atoms with Gasteiger partial charge in [-0.2, -0.15) is 0 Å². The number of hydrogen-bond donors (Lipinski definition) is 3. The topological polar surface area (TPSA) is 119 Å². The highest BCUT2D eigenvalue weighted by molar-refractivity contribution is 6.16. The predicted molar refractivity (Wildman–Crippen MR) is 169 cm³/mol. The van der Waals surface area contributed by atoms with Crippen LogP contribution in [0.5, 0.6) is 11.5 Å². The van der Waals surface area contributed by atoms with Gasteiger partial charge in [-0.1, -0.05) is 18.2 Å². The molecule has 3 aliphatic rings. The zero-order valence-electron chi connectivity index (χ0n) is 25.3. The number of anilines is 3. The molecule has 0 unspecified atom stereocenters. The van der Waals surface area contributed by atoms with Crippen molar-refractivity contribution in [2.75, 3.05) is 62.3 Å². The number of carbonyl (C=O) groups is 3. The molecule has 2 saturated heterocycles. The van der Waals surface area contributed by atoms with Gasteiger partial charge in [-0.05, 0) is 63.1 Å². The van der Waals surface area contributed by atoms with Crippen LogP contribution in [0, 0.1) is 11.2 Å². The zero-order valence-corrected chi connectivity index (χ0v) is 25.3. The van der Waals surface area contributed by atoms with Crippen LogP contribution in [0.15, 0.2) is 66.9 Å². The molecule has 6 rings (SSSR count). The number of carbonyl (C=O) groups excluding carboxylic acids is 3. The second kappa shape index (κ2) is 13.2. The number of pyridine rings is 1. The molecule has 2 aliphatic heterocycles. The number of piperazine rings is 1. The van der Waals surface area contributed by atoms with Crippen molar-refractivity contribution < 1.29 is 23.5 Å². The summed E-state index contributed by atoms with van der Waals surface area (Å²) in [6, 6.07) is 16.4. The van der Waals surface area contributed by atoms with Crippen molar-refractivity contribution in [1.82, 2.24) is 19.7 Å². The summed E-state index contributed by atoms with van der Waals surface area (Å²) in [5, 5.41) is 8.17. The van der Waals surface area contributed by atoms with Crippen LogP contribution >= 0.6 is 0 Å². The van der Waals surface area contributed by atoms with E-state index in [0.29, 0.717) is 49.2 Å². The van der Waals surface area contributed by atoms with Gasteiger partial charge in [0.15, 0.2) is 0 Å². The molecular weight excluding hydrogens is 577 g/mol. The van der Waals surface area contributed by atoms with Crippen LogP contribution in [0.25, 0.3) is 0 Å². The van der Waals surface area contributed by atoms with E-state index in [1.807, 2.05) is 6.07 Å². The summed E-state index contributed by atoms with van der Waals surface area (Å²) in [5.74, 6) is -0.791. The van der Waals surface area contributed by atoms with Crippen molar-refractivity contribution in [2.45, 2.75) is 31.7 Å². The Morgan fingerprint density at radius 1 is 0.844 bits per heavy atom. The van der Waals surface area contributed by atoms with Crippen molar-refractivity contribution in [1.29, 1.82) is 0 Å². The Labute approximate surface area is 261 Å². The Kier molecular flexibility index (Phi) is 8.95. The van der Waals surface area contributed by atoms with Crippen LogP contribution in [-0.4, -0.2) is 89.9 Å². The number of hydrogen-bond acceptors (Lipinski definition) is 7. The van der Waals surface area contributed by atoms with E-state index in [9.17, 15) is 14.4 Å². The maximum Gasteiger partial charge on any atom is 0.323 e. The lowest BCUT2D eigenvalue weighted by atomic mass is 10.0. The molecule has 3 aromatic rings. The molecule has 12 heteroatoms. The summed E-state index contributed by atoms with van der Waals surface area (Å²) in [4.78, 5) is 49.7. The molecule has 236 valence electrons. The molecule has 0 bridgehead atoms. The van der Waals surface area contributed by atoms with Gasteiger partial charge in [-0.3, -0.25) is 19.8 Å². The molecule has 2 aromatic carbocycles. The maximum atomic E-state index is 15.0. The van der Waals surface area contributed by atoms with E-state index in [1.54, 1.807) is 41.3 Å². The Morgan fingerprint density at radius 3 is 2.22 bits per heavy atom. The second-order valence-corrected chi connectivity index (χ2v) is 12.0. The highest BCUT2D eigenvalue weighted by Gasteiger charge is 2.56. The number of amides is 4. The van der Waals surface area contributed by atoms with Crippen molar-refractivity contribution >= 4 is 35.0 Å². The maximum absolute atomic E-state index is 15.0. The smallest absolute Gasteiger partial charge is 0.323 e. The number of piperidine rings is 1. The number of ether oxygens (including phenoxy) is 1. The summed E-state index contributed by atoms with van der Waals surface area (Å²) in [6.45, 7) is 5.66. The van der Waals surface area contributed by atoms with Crippen molar-refractivity contribution in [2.24, 2.45) is 5.41 Å². The average molecular weight is 616 g/mol. The lowest BCUT2D eigenvalue weighted by Crippen LogP contribution is -2.53. The third kappa shape index (κ3) is 7.23. The highest BCUT2D eigenvalue weighted by Crippen LogP contribution is 2.47. The number of para-hydroxylation sites is 1. The number of likely N-dealkylation sites (tertiary alicyclic amines) is 1. The van der Waals surface area contributed by atoms with Gasteiger partial charge < -0.3 is 25.2 Å². The lowest BCUT2D eigenvalue weighted by molar-refractivity contribution is -0.131. The minimum atomic E-state index is -1.23. The first-order chi connectivity index (χ1) is 21.8. The number of nitrogens with one attached hydrogen (secondary N) is 3. The number of aromatic nitrogens is 1. The van der Waals surface area contributed by atoms with E-state index in [1.165, 1.54) is 18.3 Å². The number of halogens is 1. The van der Waals surface area contributed by atoms with Crippen LogP contribution in [0.3, 0.4) is 0 Å². The van der Waals surface area contributed by atoms with Crippen molar-refractivity contribution in [3.05, 3.63) is 72.7 Å². The van der Waals surface area contributed by atoms with Crippen LogP contribution < -0.4 is 20.7 Å². The van der Waals surface area contributed by atoms with Gasteiger partial charge in [-0.15, -0.1) is 0 Å². The molecule has 0 spiro atoms. The first-order valence-electron chi connectivity index (χ1n) is 15.4. The lowest BCUT2D eigenvalue weighted by Gasteiger charge is -2.42. The van der Waals surface area contributed by atoms with E-state index in [-0.39, 0.29) is 17.5 Å². The molecule has 3 heterocycles. The molecule has 0 radical (unpaired) electrons. The number of benzene rings is 2. The van der Waals surface area contributed by atoms with E-state index in [0.717, 1.165) is 45.1 Å². The fourth-order valence-corrected chi connectivity index (χ4v) is 5.85. The Balaban J connectivity index is 1.01. The SMILES string of the molecule is CN1CCN(C2CCN(C(=O)Nc3cc(Oc4ccc(NC(=O)C5(C(=O)Nc6ccccc6)CC5)c(F)c4)ccn3)CC2)CC1. The molecule has 1 aliphatic carbocycles. The average Bonchev–Trinajstić information content (AvgIpc) is 3.86. The largest absolute Gasteiger partial charge is 0.457 e. The standard InChI is InChI=1S/C33H38FN7O4/c1-39-17-19-40(20-18-39)24-10-15-41(16-11-24)32(44)38-29-22-26(9-14-35-29)45-25-7-8-28(27(34)21-25)37-31(43)33(12-13-33)30(42)36-23-5-3-2-4-6-23/h2-9,14,21-22,24H,10-13,15-20H2,1H3,(H,36,42)(H,37,43)(H,35,38,44). The summed E-state index contributed by atoms with van der Waals surface area (Å²) < 4.78 is 20.8. The number of urea groups is 1. The Bertz CT molecular complexity index is 1540. The highest BCUT2D eigenvalue weighted by atomic mass is 19.1. The van der Waals surface area contributed by atoms with E-state index in [4.69, 9.17) is 4.74 Å². The minimum Gasteiger partial charge on any atom is -0.457 e. The Morgan fingerprint density at radius 2 is 1.53 bits per heavy atom. The van der Waals surface area contributed by atoms with Crippen LogP contribution in [-0.2, 0) is 9.59 Å². The van der Waals surface area contributed by atoms with Gasteiger partial charge in [-0.25, -0.2) is 14.2 Å². The van der Waals surface area contributed by atoms with Crippen molar-refractivity contribution in [3.8, 4) is 11.5 Å². The van der Waals surface area contributed by atoms with Crippen molar-refractivity contribution in [3.63, 3.8) is 0 Å². The van der Waals surface area contributed by atoms with E-state index in [2.05, 4.69) is 37.8 Å². The summed E-state index contributed by atoms with van der Waals surface area (Å²) >= 11 is 0. The minimum absolute atomic E-state index is 0.0507. The fourth-order valence-electron chi connectivity index (χ4n) is 5.85. The van der Waals surface area contributed by atoms with Gasteiger partial charge in [0.1, 0.15) is 28.5 Å². The normalized spacial score (nSPS) is 18.6. The predicted octanol–water partition coefficient (Wildman–Crippen LogP) is 4.61. The van der Waals surface area contributed by atoms with Gasteiger partial charge in [0.25, 0.3) is 0 Å². The molecule has 0 atom stereocenters. The first-order valence-corrected chi connectivity index (χ1v) is 15.4. The van der Waals surface area contributed by atoms with E-state index < -0.39 is 23.0 Å². The third-order valence-corrected chi connectivity index (χ3v) is 8.85. The van der Waals surface area contributed by atoms with Crippen LogP contribution in [0.1, 0.15) is 25.7 Å². The number of rotatable bonds is 8. The summed E-state index contributed by atoms with van der Waals surface area (Å²) in [5.41, 5.74) is -0.685. The zero-order chi connectivity index (χ0) is 31.4. The fraction of sp³-hybridized carbons (Fsp3) is 0.394. The molecule has 3 N–H and O–H groups in total. The molecule has 1 saturated carbocycles. The summed E-state index contributed by atoms with van der Waals surface area (Å²) in [6.07, 6.45) is 4.16. The molecular formula is C33H38FN7O4.